The maximum atomic E-state index is 5.53. The van der Waals surface area contributed by atoms with Crippen LogP contribution in [0.25, 0.3) is 10.2 Å². The first-order valence-corrected chi connectivity index (χ1v) is 8.69. The third kappa shape index (κ3) is 3.16. The van der Waals surface area contributed by atoms with Crippen LogP contribution in [0.2, 0.25) is 0 Å². The fourth-order valence-electron chi connectivity index (χ4n) is 2.12. The first kappa shape index (κ1) is 14.3. The Kier molecular flexibility index (Phi) is 4.36. The minimum Gasteiger partial charge on any atom is -0.494 e. The van der Waals surface area contributed by atoms with Crippen LogP contribution in [-0.2, 0) is 0 Å². The van der Waals surface area contributed by atoms with E-state index in [4.69, 9.17) is 4.74 Å². The fraction of sp³-hybridized carbons (Fsp3) is 0.333. The number of thiazole rings is 2. The lowest BCUT2D eigenvalue weighted by atomic mass is 10.2. The van der Waals surface area contributed by atoms with Gasteiger partial charge >= 0.3 is 0 Å². The third-order valence-corrected chi connectivity index (χ3v) is 4.96. The van der Waals surface area contributed by atoms with Gasteiger partial charge in [-0.05, 0) is 31.5 Å². The molecule has 1 aromatic carbocycles. The van der Waals surface area contributed by atoms with Crippen molar-refractivity contribution in [2.24, 2.45) is 0 Å². The van der Waals surface area contributed by atoms with E-state index < -0.39 is 0 Å². The lowest BCUT2D eigenvalue weighted by Crippen LogP contribution is -2.08. The Morgan fingerprint density at radius 1 is 1.33 bits per heavy atom. The number of ether oxygens (including phenoxy) is 1. The molecule has 3 aromatic rings. The van der Waals surface area contributed by atoms with Crippen LogP contribution >= 0.6 is 22.7 Å². The van der Waals surface area contributed by atoms with Gasteiger partial charge in [-0.15, -0.1) is 11.3 Å². The molecule has 0 spiro atoms. The Morgan fingerprint density at radius 2 is 2.24 bits per heavy atom. The highest BCUT2D eigenvalue weighted by Gasteiger charge is 2.14. The standard InChI is InChI=1S/C15H17N3OS2/c1-3-11(14-16-7-8-20-14)17-15-18-12-6-5-10(19-4-2)9-13(12)21-15/h5-9,11H,3-4H2,1-2H3,(H,17,18). The number of anilines is 1. The number of aromatic nitrogens is 2. The first-order valence-electron chi connectivity index (χ1n) is 6.99. The van der Waals surface area contributed by atoms with Gasteiger partial charge in [0, 0.05) is 11.6 Å². The van der Waals surface area contributed by atoms with Crippen LogP contribution in [0.5, 0.6) is 5.75 Å². The van der Waals surface area contributed by atoms with Crippen LogP contribution in [0.4, 0.5) is 5.13 Å². The zero-order chi connectivity index (χ0) is 14.7. The van der Waals surface area contributed by atoms with Gasteiger partial charge in [0.25, 0.3) is 0 Å². The van der Waals surface area contributed by atoms with E-state index >= 15 is 0 Å². The van der Waals surface area contributed by atoms with Crippen LogP contribution in [0.3, 0.4) is 0 Å². The van der Waals surface area contributed by atoms with Gasteiger partial charge in [-0.1, -0.05) is 18.3 Å². The van der Waals surface area contributed by atoms with Crippen molar-refractivity contribution in [3.63, 3.8) is 0 Å². The molecule has 0 aliphatic rings. The number of benzene rings is 1. The molecular weight excluding hydrogens is 302 g/mol. The van der Waals surface area contributed by atoms with E-state index in [-0.39, 0.29) is 6.04 Å². The van der Waals surface area contributed by atoms with Crippen molar-refractivity contribution in [3.8, 4) is 5.75 Å². The molecule has 0 bridgehead atoms. The van der Waals surface area contributed by atoms with Gasteiger partial charge < -0.3 is 10.1 Å². The van der Waals surface area contributed by atoms with Crippen LogP contribution < -0.4 is 10.1 Å². The van der Waals surface area contributed by atoms with Crippen molar-refractivity contribution in [2.75, 3.05) is 11.9 Å². The van der Waals surface area contributed by atoms with E-state index in [1.807, 2.05) is 36.7 Å². The molecule has 2 aromatic heterocycles. The maximum Gasteiger partial charge on any atom is 0.184 e. The average molecular weight is 319 g/mol. The summed E-state index contributed by atoms with van der Waals surface area (Å²) in [6.07, 6.45) is 2.82. The summed E-state index contributed by atoms with van der Waals surface area (Å²) < 4.78 is 6.67. The molecule has 0 radical (unpaired) electrons. The largest absolute Gasteiger partial charge is 0.494 e. The maximum absolute atomic E-state index is 5.53. The monoisotopic (exact) mass is 319 g/mol. The van der Waals surface area contributed by atoms with Crippen LogP contribution in [0.15, 0.2) is 29.8 Å². The number of fused-ring (bicyclic) bond motifs is 1. The summed E-state index contributed by atoms with van der Waals surface area (Å²) in [7, 11) is 0. The molecule has 1 N–H and O–H groups in total. The molecule has 4 nitrogen and oxygen atoms in total. The van der Waals surface area contributed by atoms with Crippen molar-refractivity contribution in [3.05, 3.63) is 34.8 Å². The highest BCUT2D eigenvalue weighted by atomic mass is 32.1. The molecule has 3 rings (SSSR count). The molecule has 0 aliphatic heterocycles. The highest BCUT2D eigenvalue weighted by Crippen LogP contribution is 2.32. The number of rotatable bonds is 6. The summed E-state index contributed by atoms with van der Waals surface area (Å²) in [5.41, 5.74) is 1.000. The molecule has 0 saturated carbocycles. The van der Waals surface area contributed by atoms with Gasteiger partial charge in [0.05, 0.1) is 22.9 Å². The van der Waals surface area contributed by atoms with Gasteiger partial charge in [0.2, 0.25) is 0 Å². The topological polar surface area (TPSA) is 47.0 Å². The second-order valence-electron chi connectivity index (χ2n) is 4.56. The fourth-order valence-corrected chi connectivity index (χ4v) is 3.84. The molecule has 0 amide bonds. The van der Waals surface area contributed by atoms with Crippen LogP contribution in [-0.4, -0.2) is 16.6 Å². The average Bonchev–Trinajstić information content (AvgIpc) is 3.13. The van der Waals surface area contributed by atoms with E-state index in [1.165, 1.54) is 0 Å². The number of nitrogens with one attached hydrogen (secondary N) is 1. The SMILES string of the molecule is CCOc1ccc2nc(NC(CC)c3nccs3)sc2c1. The van der Waals surface area contributed by atoms with Crippen LogP contribution in [0.1, 0.15) is 31.3 Å². The molecule has 1 unspecified atom stereocenters. The Labute approximate surface area is 131 Å². The zero-order valence-corrected chi connectivity index (χ0v) is 13.6. The molecule has 21 heavy (non-hydrogen) atoms. The predicted molar refractivity (Wildman–Crippen MR) is 89.6 cm³/mol. The van der Waals surface area contributed by atoms with Crippen molar-refractivity contribution < 1.29 is 4.74 Å². The van der Waals surface area contributed by atoms with Gasteiger partial charge in [-0.2, -0.15) is 0 Å². The quantitative estimate of drug-likeness (QED) is 0.714. The first-order chi connectivity index (χ1) is 10.3. The van der Waals surface area contributed by atoms with Crippen molar-refractivity contribution >= 4 is 38.0 Å². The summed E-state index contributed by atoms with van der Waals surface area (Å²) in [6, 6.07) is 6.24. The van der Waals surface area contributed by atoms with Gasteiger partial charge in [0.1, 0.15) is 10.8 Å². The summed E-state index contributed by atoms with van der Waals surface area (Å²) in [4.78, 5) is 9.03. The second-order valence-corrected chi connectivity index (χ2v) is 6.51. The van der Waals surface area contributed by atoms with E-state index in [1.54, 1.807) is 22.7 Å². The summed E-state index contributed by atoms with van der Waals surface area (Å²) in [6.45, 7) is 4.82. The third-order valence-electron chi connectivity index (χ3n) is 3.13. The lowest BCUT2D eigenvalue weighted by Gasteiger charge is -2.12. The molecule has 0 fully saturated rings. The molecular formula is C15H17N3OS2. The molecule has 0 saturated heterocycles. The van der Waals surface area contributed by atoms with Gasteiger partial charge in [-0.3, -0.25) is 0 Å². The Morgan fingerprint density at radius 3 is 2.95 bits per heavy atom. The minimum atomic E-state index is 0.219. The van der Waals surface area contributed by atoms with E-state index in [0.29, 0.717) is 6.61 Å². The second kappa shape index (κ2) is 6.41. The lowest BCUT2D eigenvalue weighted by molar-refractivity contribution is 0.341. The molecule has 2 heterocycles. The Hall–Kier alpha value is -1.66. The smallest absolute Gasteiger partial charge is 0.184 e. The molecule has 6 heteroatoms. The van der Waals surface area contributed by atoms with E-state index in [2.05, 4.69) is 22.2 Å². The van der Waals surface area contributed by atoms with Crippen molar-refractivity contribution in [1.82, 2.24) is 9.97 Å². The zero-order valence-electron chi connectivity index (χ0n) is 12.0. The minimum absolute atomic E-state index is 0.219. The molecule has 1 atom stereocenters. The highest BCUT2D eigenvalue weighted by molar-refractivity contribution is 7.22. The van der Waals surface area contributed by atoms with Gasteiger partial charge in [-0.25, -0.2) is 9.97 Å². The van der Waals surface area contributed by atoms with Crippen LogP contribution in [0, 0.1) is 0 Å². The number of hydrogen-bond donors (Lipinski definition) is 1. The molecule has 0 aliphatic carbocycles. The predicted octanol–water partition coefficient (Wildman–Crippen LogP) is 4.71. The summed E-state index contributed by atoms with van der Waals surface area (Å²) >= 11 is 3.33. The Bertz CT molecular complexity index is 709. The van der Waals surface area contributed by atoms with E-state index in [0.717, 1.165) is 32.5 Å². The summed E-state index contributed by atoms with van der Waals surface area (Å²) in [5.74, 6) is 0.896. The molecule has 110 valence electrons. The summed E-state index contributed by atoms with van der Waals surface area (Å²) in [5, 5.41) is 7.53. The van der Waals surface area contributed by atoms with Crippen molar-refractivity contribution in [2.45, 2.75) is 26.3 Å². The van der Waals surface area contributed by atoms with Crippen molar-refractivity contribution in [1.29, 1.82) is 0 Å². The van der Waals surface area contributed by atoms with Gasteiger partial charge in [0.15, 0.2) is 5.13 Å². The number of hydrogen-bond acceptors (Lipinski definition) is 6. The Balaban J connectivity index is 1.83. The normalized spacial score (nSPS) is 12.5. The number of nitrogens with zero attached hydrogens (tertiary/aromatic N) is 2. The van der Waals surface area contributed by atoms with E-state index in [9.17, 15) is 0 Å².